The average Bonchev–Trinajstić information content (AvgIpc) is 2.37. The van der Waals surface area contributed by atoms with Crippen molar-refractivity contribution in [1.82, 2.24) is 0 Å². The van der Waals surface area contributed by atoms with Crippen molar-refractivity contribution in [2.75, 3.05) is 5.88 Å². The normalized spacial score (nSPS) is 13.4. The molecule has 1 heterocycles. The zero-order valence-electron chi connectivity index (χ0n) is 6.31. The molecular weight excluding hydrogens is 244 g/mol. The summed E-state index contributed by atoms with van der Waals surface area (Å²) in [6.07, 6.45) is 1.09. The quantitative estimate of drug-likeness (QED) is 0.716. The maximum Gasteiger partial charge on any atom is 0.0314 e. The number of alkyl halides is 1. The summed E-state index contributed by atoms with van der Waals surface area (Å²) in [6.45, 7) is 2.17. The van der Waals surface area contributed by atoms with Crippen molar-refractivity contribution in [3.05, 3.63) is 20.8 Å². The molecule has 0 N–H and O–H groups in total. The Balaban J connectivity index is 2.56. The van der Waals surface area contributed by atoms with Crippen LogP contribution in [0.3, 0.4) is 0 Å². The molecule has 0 radical (unpaired) electrons. The Morgan fingerprint density at radius 3 is 2.91 bits per heavy atom. The van der Waals surface area contributed by atoms with Gasteiger partial charge in [0.25, 0.3) is 0 Å². The zero-order chi connectivity index (χ0) is 8.27. The third kappa shape index (κ3) is 2.77. The van der Waals surface area contributed by atoms with Crippen molar-refractivity contribution in [2.45, 2.75) is 13.3 Å². The summed E-state index contributed by atoms with van der Waals surface area (Å²) in [6, 6.07) is 2.08. The second-order valence-electron chi connectivity index (χ2n) is 2.66. The van der Waals surface area contributed by atoms with Crippen molar-refractivity contribution in [3.63, 3.8) is 0 Å². The van der Waals surface area contributed by atoms with E-state index in [-0.39, 0.29) is 0 Å². The van der Waals surface area contributed by atoms with E-state index in [1.165, 1.54) is 9.35 Å². The molecule has 0 fully saturated rings. The summed E-state index contributed by atoms with van der Waals surface area (Å²) in [5.74, 6) is 1.32. The van der Waals surface area contributed by atoms with Gasteiger partial charge in [-0.15, -0.1) is 22.9 Å². The molecule has 1 atom stereocenters. The molecule has 1 aromatic rings. The number of hydrogen-bond donors (Lipinski definition) is 0. The molecule has 0 saturated carbocycles. The van der Waals surface area contributed by atoms with Gasteiger partial charge in [-0.1, -0.05) is 6.92 Å². The fraction of sp³-hybridized carbons (Fsp3) is 0.500. The van der Waals surface area contributed by atoms with Crippen LogP contribution in [0.1, 0.15) is 11.8 Å². The van der Waals surface area contributed by atoms with Gasteiger partial charge in [-0.05, 0) is 39.7 Å². The van der Waals surface area contributed by atoms with Crippen LogP contribution in [0.2, 0.25) is 0 Å². The van der Waals surface area contributed by atoms with Gasteiger partial charge in [-0.2, -0.15) is 0 Å². The highest BCUT2D eigenvalue weighted by Crippen LogP contribution is 2.25. The number of halogens is 2. The monoisotopic (exact) mass is 252 g/mol. The molecule has 0 amide bonds. The van der Waals surface area contributed by atoms with Crippen molar-refractivity contribution in [2.24, 2.45) is 5.92 Å². The highest BCUT2D eigenvalue weighted by molar-refractivity contribution is 9.10. The van der Waals surface area contributed by atoms with Gasteiger partial charge in [0.05, 0.1) is 0 Å². The van der Waals surface area contributed by atoms with Gasteiger partial charge >= 0.3 is 0 Å². The minimum absolute atomic E-state index is 0.576. The van der Waals surface area contributed by atoms with Crippen LogP contribution in [0, 0.1) is 5.92 Å². The first kappa shape index (κ1) is 9.56. The lowest BCUT2D eigenvalue weighted by atomic mass is 10.1. The van der Waals surface area contributed by atoms with Gasteiger partial charge in [0.15, 0.2) is 0 Å². The van der Waals surface area contributed by atoms with E-state index in [0.717, 1.165) is 12.3 Å². The van der Waals surface area contributed by atoms with E-state index in [4.69, 9.17) is 11.6 Å². The predicted octanol–water partition coefficient (Wildman–Crippen LogP) is 3.93. The Hall–Kier alpha value is 0.470. The number of thiophene rings is 1. The summed E-state index contributed by atoms with van der Waals surface area (Å²) in [5.41, 5.74) is 0. The second-order valence-corrected chi connectivity index (χ2v) is 4.82. The summed E-state index contributed by atoms with van der Waals surface area (Å²) in [7, 11) is 0. The van der Waals surface area contributed by atoms with Gasteiger partial charge in [-0.25, -0.2) is 0 Å². The Kier molecular flexibility index (Phi) is 3.90. The van der Waals surface area contributed by atoms with Crippen molar-refractivity contribution in [3.8, 4) is 0 Å². The van der Waals surface area contributed by atoms with E-state index in [2.05, 4.69) is 34.3 Å². The topological polar surface area (TPSA) is 0 Å². The van der Waals surface area contributed by atoms with Crippen LogP contribution in [0.4, 0.5) is 0 Å². The first-order chi connectivity index (χ1) is 5.24. The Morgan fingerprint density at radius 1 is 1.73 bits per heavy atom. The van der Waals surface area contributed by atoms with Crippen molar-refractivity contribution < 1.29 is 0 Å². The average molecular weight is 254 g/mol. The summed E-state index contributed by atoms with van der Waals surface area (Å²) < 4.78 is 1.22. The zero-order valence-corrected chi connectivity index (χ0v) is 9.47. The molecule has 0 saturated heterocycles. The maximum atomic E-state index is 5.71. The molecule has 0 spiro atoms. The summed E-state index contributed by atoms with van der Waals surface area (Å²) in [5, 5.41) is 2.10. The fourth-order valence-electron chi connectivity index (χ4n) is 0.842. The first-order valence-corrected chi connectivity index (χ1v) is 5.72. The molecule has 11 heavy (non-hydrogen) atoms. The molecule has 1 rings (SSSR count). The summed E-state index contributed by atoms with van der Waals surface area (Å²) in [4.78, 5) is 1.40. The van der Waals surface area contributed by atoms with Crippen molar-refractivity contribution in [1.29, 1.82) is 0 Å². The van der Waals surface area contributed by atoms with E-state index in [0.29, 0.717) is 5.92 Å². The molecule has 0 nitrogen and oxygen atoms in total. The molecule has 1 aromatic heterocycles. The number of rotatable bonds is 3. The predicted molar refractivity (Wildman–Crippen MR) is 55.6 cm³/mol. The summed E-state index contributed by atoms with van der Waals surface area (Å²) >= 11 is 11.0. The lowest BCUT2D eigenvalue weighted by molar-refractivity contribution is 0.660. The van der Waals surface area contributed by atoms with Gasteiger partial charge in [0, 0.05) is 15.2 Å². The van der Waals surface area contributed by atoms with E-state index in [1.807, 2.05) is 0 Å². The highest BCUT2D eigenvalue weighted by Gasteiger charge is 2.05. The fourth-order valence-corrected chi connectivity index (χ4v) is 2.63. The molecule has 0 aliphatic carbocycles. The third-order valence-corrected chi connectivity index (χ3v) is 3.96. The molecule has 1 unspecified atom stereocenters. The first-order valence-electron chi connectivity index (χ1n) is 3.52. The molecule has 62 valence electrons. The highest BCUT2D eigenvalue weighted by atomic mass is 79.9. The molecule has 3 heteroatoms. The van der Waals surface area contributed by atoms with Gasteiger partial charge < -0.3 is 0 Å². The van der Waals surface area contributed by atoms with Crippen LogP contribution in [-0.2, 0) is 6.42 Å². The molecule has 0 aliphatic rings. The van der Waals surface area contributed by atoms with Crippen LogP contribution < -0.4 is 0 Å². The van der Waals surface area contributed by atoms with E-state index < -0.39 is 0 Å². The molecule has 0 aliphatic heterocycles. The van der Waals surface area contributed by atoms with Crippen molar-refractivity contribution >= 4 is 38.9 Å². The van der Waals surface area contributed by atoms with Gasteiger partial charge in [0.1, 0.15) is 0 Å². The lowest BCUT2D eigenvalue weighted by Crippen LogP contribution is -1.99. The lowest BCUT2D eigenvalue weighted by Gasteiger charge is -2.04. The molecule has 0 bridgehead atoms. The standard InChI is InChI=1S/C8H10BrClS/c1-6(5-10)4-8-7(9)2-3-11-8/h2-3,6H,4-5H2,1H3. The molecular formula is C8H10BrClS. The Morgan fingerprint density at radius 2 is 2.45 bits per heavy atom. The van der Waals surface area contributed by atoms with Crippen LogP contribution >= 0.6 is 38.9 Å². The largest absolute Gasteiger partial charge is 0.148 e. The smallest absolute Gasteiger partial charge is 0.0314 e. The van der Waals surface area contributed by atoms with Gasteiger partial charge in [0.2, 0.25) is 0 Å². The SMILES string of the molecule is CC(CCl)Cc1sccc1Br. The number of hydrogen-bond acceptors (Lipinski definition) is 1. The second kappa shape index (κ2) is 4.48. The van der Waals surface area contributed by atoms with E-state index in [1.54, 1.807) is 11.3 Å². The van der Waals surface area contributed by atoms with Crippen LogP contribution in [0.15, 0.2) is 15.9 Å². The Bertz CT molecular complexity index is 222. The third-order valence-electron chi connectivity index (χ3n) is 1.49. The molecule has 0 aromatic carbocycles. The van der Waals surface area contributed by atoms with Gasteiger partial charge in [-0.3, -0.25) is 0 Å². The van der Waals surface area contributed by atoms with Crippen LogP contribution in [0.5, 0.6) is 0 Å². The van der Waals surface area contributed by atoms with E-state index in [9.17, 15) is 0 Å². The van der Waals surface area contributed by atoms with Crippen LogP contribution in [-0.4, -0.2) is 5.88 Å². The maximum absolute atomic E-state index is 5.71. The minimum atomic E-state index is 0.576. The minimum Gasteiger partial charge on any atom is -0.148 e. The van der Waals surface area contributed by atoms with Crippen LogP contribution in [0.25, 0.3) is 0 Å². The Labute approximate surface area is 84.7 Å². The van der Waals surface area contributed by atoms with E-state index >= 15 is 0 Å².